The number of alkyl halides is 3. The van der Waals surface area contributed by atoms with Gasteiger partial charge >= 0.3 is 6.18 Å². The zero-order valence-electron chi connectivity index (χ0n) is 22.6. The fourth-order valence-electron chi connectivity index (χ4n) is 3.95. The van der Waals surface area contributed by atoms with Gasteiger partial charge in [-0.05, 0) is 63.1 Å². The predicted octanol–water partition coefficient (Wildman–Crippen LogP) is 4.54. The average Bonchev–Trinajstić information content (AvgIpc) is 2.89. The molecule has 11 heteroatoms. The van der Waals surface area contributed by atoms with Crippen LogP contribution in [-0.4, -0.2) is 41.7 Å². The van der Waals surface area contributed by atoms with Crippen LogP contribution in [0.4, 0.5) is 13.2 Å². The van der Waals surface area contributed by atoms with Gasteiger partial charge < -0.3 is 26.0 Å². The summed E-state index contributed by atoms with van der Waals surface area (Å²) < 4.78 is 53.8. The monoisotopic (exact) mass is 559 g/mol. The predicted molar refractivity (Wildman–Crippen MR) is 143 cm³/mol. The van der Waals surface area contributed by atoms with Gasteiger partial charge in [0, 0.05) is 23.1 Å². The molecule has 0 aliphatic heterocycles. The van der Waals surface area contributed by atoms with Gasteiger partial charge in [0.15, 0.2) is 23.9 Å². The van der Waals surface area contributed by atoms with E-state index in [0.717, 1.165) is 11.6 Å². The van der Waals surface area contributed by atoms with Crippen molar-refractivity contribution >= 4 is 11.7 Å². The minimum absolute atomic E-state index is 0.0259. The number of benzene rings is 2. The number of amides is 1. The van der Waals surface area contributed by atoms with Crippen LogP contribution in [0, 0.1) is 6.92 Å². The summed E-state index contributed by atoms with van der Waals surface area (Å²) in [5, 5.41) is 11.1. The number of nitrogens with zero attached hydrogens (tertiary/aromatic N) is 1. The van der Waals surface area contributed by atoms with Crippen LogP contribution in [0.1, 0.15) is 53.9 Å². The zero-order valence-corrected chi connectivity index (χ0v) is 22.6. The van der Waals surface area contributed by atoms with E-state index in [-0.39, 0.29) is 22.8 Å². The molecule has 0 unspecified atom stereocenters. The van der Waals surface area contributed by atoms with Crippen molar-refractivity contribution < 1.29 is 37.3 Å². The highest BCUT2D eigenvalue weighted by atomic mass is 19.4. The lowest BCUT2D eigenvalue weighted by atomic mass is 9.86. The number of hydrogen-bond donors (Lipinski definition) is 3. The summed E-state index contributed by atoms with van der Waals surface area (Å²) in [5.41, 5.74) is 8.21. The first-order valence-electron chi connectivity index (χ1n) is 12.4. The molecule has 5 N–H and O–H groups in total. The lowest BCUT2D eigenvalue weighted by Crippen LogP contribution is -2.44. The van der Waals surface area contributed by atoms with Gasteiger partial charge in [-0.1, -0.05) is 29.8 Å². The number of carbonyl (C=O) groups is 2. The molecule has 0 spiro atoms. The number of ketones is 1. The first-order chi connectivity index (χ1) is 18.5. The number of nitrogens with two attached hydrogens (primary N) is 2. The number of rotatable bonds is 11. The van der Waals surface area contributed by atoms with Crippen molar-refractivity contribution in [3.8, 4) is 22.8 Å². The van der Waals surface area contributed by atoms with Gasteiger partial charge in [-0.3, -0.25) is 9.59 Å². The summed E-state index contributed by atoms with van der Waals surface area (Å²) in [7, 11) is 1.30. The average molecular weight is 560 g/mol. The Morgan fingerprint density at radius 2 is 1.65 bits per heavy atom. The molecule has 0 fully saturated rings. The first-order valence-corrected chi connectivity index (χ1v) is 12.4. The molecule has 0 aliphatic carbocycles. The number of methoxy groups -OCH3 is 1. The standard InChI is InChI=1S/C29H32F3N3O5/c1-17-5-7-18(8-6-17)21-14-20(27(2,3)34)15-25(35-21)28(38,29(30,31)32)12-11-22(36)19-9-10-23(24(13-19)39-4)40-16-26(33)37/h5-10,13-15,38H,11-12,16,34H2,1-4H3,(H2,33,37)/t28-/m0/s1. The molecule has 1 atom stereocenters. The van der Waals surface area contributed by atoms with Crippen LogP contribution in [0.3, 0.4) is 0 Å². The molecule has 0 saturated heterocycles. The van der Waals surface area contributed by atoms with E-state index in [2.05, 4.69) is 4.98 Å². The first kappa shape index (κ1) is 30.6. The molecule has 1 aromatic heterocycles. The molecule has 1 amide bonds. The van der Waals surface area contributed by atoms with Gasteiger partial charge in [-0.15, -0.1) is 0 Å². The van der Waals surface area contributed by atoms with E-state index in [4.69, 9.17) is 20.9 Å². The number of hydrogen-bond acceptors (Lipinski definition) is 7. The highest BCUT2D eigenvalue weighted by molar-refractivity contribution is 5.96. The number of primary amides is 1. The Balaban J connectivity index is 1.99. The lowest BCUT2D eigenvalue weighted by Gasteiger charge is -2.32. The fraction of sp³-hybridized carbons (Fsp3) is 0.345. The Kier molecular flexibility index (Phi) is 8.90. The van der Waals surface area contributed by atoms with Gasteiger partial charge in [0.2, 0.25) is 5.60 Å². The molecule has 1 heterocycles. The Hall–Kier alpha value is -3.96. The molecule has 3 aromatic rings. The van der Waals surface area contributed by atoms with Crippen molar-refractivity contribution in [1.82, 2.24) is 4.98 Å². The summed E-state index contributed by atoms with van der Waals surface area (Å²) in [4.78, 5) is 28.1. The molecule has 0 radical (unpaired) electrons. The molecule has 214 valence electrons. The molecule has 0 saturated carbocycles. The minimum Gasteiger partial charge on any atom is -0.493 e. The number of aliphatic hydroxyl groups is 1. The maximum Gasteiger partial charge on any atom is 0.422 e. The van der Waals surface area contributed by atoms with E-state index in [1.54, 1.807) is 44.2 Å². The third-order valence-corrected chi connectivity index (χ3v) is 6.38. The molecule has 40 heavy (non-hydrogen) atoms. The van der Waals surface area contributed by atoms with Crippen molar-refractivity contribution in [3.05, 3.63) is 77.0 Å². The van der Waals surface area contributed by atoms with Crippen LogP contribution in [0.5, 0.6) is 11.5 Å². The maximum absolute atomic E-state index is 14.5. The third kappa shape index (κ3) is 6.97. The van der Waals surface area contributed by atoms with Crippen molar-refractivity contribution in [1.29, 1.82) is 0 Å². The molecule has 8 nitrogen and oxygen atoms in total. The Morgan fingerprint density at radius 1 is 1.00 bits per heavy atom. The largest absolute Gasteiger partial charge is 0.493 e. The summed E-state index contributed by atoms with van der Waals surface area (Å²) in [5.74, 6) is -1.20. The summed E-state index contributed by atoms with van der Waals surface area (Å²) in [6.07, 6.45) is -6.82. The molecule has 0 aliphatic rings. The van der Waals surface area contributed by atoms with E-state index in [1.165, 1.54) is 25.3 Å². The van der Waals surface area contributed by atoms with Gasteiger partial charge in [-0.2, -0.15) is 13.2 Å². The SMILES string of the molecule is COc1cc(C(=O)CC[C@](O)(c2cc(C(C)(C)N)cc(-c3ccc(C)cc3)n2)C(F)(F)F)ccc1OCC(N)=O. The molecular weight excluding hydrogens is 527 g/mol. The quantitative estimate of drug-likeness (QED) is 0.293. The molecule has 3 rings (SSSR count). The number of ether oxygens (including phenoxy) is 2. The van der Waals surface area contributed by atoms with Crippen LogP contribution in [0.15, 0.2) is 54.6 Å². The van der Waals surface area contributed by atoms with Crippen LogP contribution >= 0.6 is 0 Å². The van der Waals surface area contributed by atoms with Crippen LogP contribution in [-0.2, 0) is 15.9 Å². The Labute approximate surface area is 230 Å². The second-order valence-corrected chi connectivity index (χ2v) is 10.1. The van der Waals surface area contributed by atoms with Crippen molar-refractivity contribution in [2.45, 2.75) is 50.9 Å². The lowest BCUT2D eigenvalue weighted by molar-refractivity contribution is -0.270. The van der Waals surface area contributed by atoms with Crippen molar-refractivity contribution in [2.24, 2.45) is 11.5 Å². The van der Waals surface area contributed by atoms with Gasteiger partial charge in [0.1, 0.15) is 0 Å². The Bertz CT molecular complexity index is 1390. The van der Waals surface area contributed by atoms with E-state index < -0.39 is 54.1 Å². The number of carbonyl (C=O) groups excluding carboxylic acids is 2. The van der Waals surface area contributed by atoms with Gasteiger partial charge in [-0.25, -0.2) is 4.98 Å². The van der Waals surface area contributed by atoms with Crippen LogP contribution in [0.2, 0.25) is 0 Å². The minimum atomic E-state index is -5.16. The molecule has 2 aromatic carbocycles. The van der Waals surface area contributed by atoms with Crippen LogP contribution in [0.25, 0.3) is 11.3 Å². The topological polar surface area (TPSA) is 138 Å². The zero-order chi connectivity index (χ0) is 29.9. The molecular formula is C29H32F3N3O5. The molecule has 0 bridgehead atoms. The number of halogens is 3. The second-order valence-electron chi connectivity index (χ2n) is 10.1. The van der Waals surface area contributed by atoms with Gasteiger partial charge in [0.05, 0.1) is 18.5 Å². The summed E-state index contributed by atoms with van der Waals surface area (Å²) >= 11 is 0. The third-order valence-electron chi connectivity index (χ3n) is 6.38. The number of aromatic nitrogens is 1. The smallest absolute Gasteiger partial charge is 0.422 e. The van der Waals surface area contributed by atoms with Crippen molar-refractivity contribution in [3.63, 3.8) is 0 Å². The normalized spacial score (nSPS) is 13.4. The van der Waals surface area contributed by atoms with Crippen molar-refractivity contribution in [2.75, 3.05) is 13.7 Å². The summed E-state index contributed by atoms with van der Waals surface area (Å²) in [6.45, 7) is 4.70. The van der Waals surface area contributed by atoms with Gasteiger partial charge in [0.25, 0.3) is 5.91 Å². The highest BCUT2D eigenvalue weighted by Gasteiger charge is 2.56. The van der Waals surface area contributed by atoms with E-state index in [9.17, 15) is 27.9 Å². The van der Waals surface area contributed by atoms with E-state index in [0.29, 0.717) is 11.1 Å². The van der Waals surface area contributed by atoms with E-state index >= 15 is 0 Å². The van der Waals surface area contributed by atoms with Crippen LogP contribution < -0.4 is 20.9 Å². The number of Topliss-reactive ketones (excluding diaryl/α,β-unsaturated/α-hetero) is 1. The second kappa shape index (κ2) is 11.6. The fourth-order valence-corrected chi connectivity index (χ4v) is 3.95. The van der Waals surface area contributed by atoms with E-state index in [1.807, 2.05) is 6.92 Å². The maximum atomic E-state index is 14.5. The summed E-state index contributed by atoms with van der Waals surface area (Å²) in [6, 6.07) is 13.7. The number of aryl methyl sites for hydroxylation is 1. The Morgan fingerprint density at radius 3 is 2.20 bits per heavy atom. The highest BCUT2D eigenvalue weighted by Crippen LogP contribution is 2.43. The number of pyridine rings is 1.